The molecule has 0 radical (unpaired) electrons. The van der Waals surface area contributed by atoms with Crippen LogP contribution in [0.5, 0.6) is 0 Å². The van der Waals surface area contributed by atoms with Crippen molar-refractivity contribution in [3.05, 3.63) is 35.4 Å². The van der Waals surface area contributed by atoms with Gasteiger partial charge in [-0.2, -0.15) is 0 Å². The minimum absolute atomic E-state index is 0.155. The highest BCUT2D eigenvalue weighted by Crippen LogP contribution is 2.15. The summed E-state index contributed by atoms with van der Waals surface area (Å²) >= 11 is 3.36. The third-order valence-corrected chi connectivity index (χ3v) is 3.54. The van der Waals surface area contributed by atoms with Gasteiger partial charge in [-0.1, -0.05) is 40.2 Å². The first-order chi connectivity index (χ1) is 8.15. The van der Waals surface area contributed by atoms with Crippen molar-refractivity contribution in [3.8, 4) is 0 Å². The number of halogens is 1. The molecular weight excluding hydrogens is 280 g/mol. The molecule has 0 fully saturated rings. The summed E-state index contributed by atoms with van der Waals surface area (Å²) in [4.78, 5) is 11.2. The summed E-state index contributed by atoms with van der Waals surface area (Å²) in [5.41, 5.74) is 2.67. The summed E-state index contributed by atoms with van der Waals surface area (Å²) in [5.74, 6) is -0.155. The normalized spacial score (nSPS) is 12.2. The van der Waals surface area contributed by atoms with Gasteiger partial charge in [0.15, 0.2) is 0 Å². The molecule has 2 nitrogen and oxygen atoms in total. The Labute approximate surface area is 111 Å². The van der Waals surface area contributed by atoms with Crippen LogP contribution in [-0.4, -0.2) is 17.4 Å². The summed E-state index contributed by atoms with van der Waals surface area (Å²) in [6.07, 6.45) is 2.81. The molecule has 17 heavy (non-hydrogen) atoms. The van der Waals surface area contributed by atoms with E-state index < -0.39 is 0 Å². The molecule has 1 aromatic carbocycles. The monoisotopic (exact) mass is 298 g/mol. The lowest BCUT2D eigenvalue weighted by molar-refractivity contribution is -0.142. The molecular formula is C14H19BrO2. The Kier molecular flexibility index (Phi) is 6.27. The zero-order valence-corrected chi connectivity index (χ0v) is 12.0. The van der Waals surface area contributed by atoms with Crippen LogP contribution >= 0.6 is 15.9 Å². The molecule has 0 aliphatic rings. The Morgan fingerprint density at radius 3 is 2.76 bits per heavy atom. The zero-order chi connectivity index (χ0) is 12.7. The predicted molar refractivity (Wildman–Crippen MR) is 73.5 cm³/mol. The van der Waals surface area contributed by atoms with Gasteiger partial charge in [-0.05, 0) is 44.2 Å². The fourth-order valence-electron chi connectivity index (χ4n) is 1.71. The van der Waals surface area contributed by atoms with Crippen molar-refractivity contribution in [3.63, 3.8) is 0 Å². The van der Waals surface area contributed by atoms with E-state index in [2.05, 4.69) is 41.1 Å². The van der Waals surface area contributed by atoms with Crippen molar-refractivity contribution in [1.82, 2.24) is 0 Å². The van der Waals surface area contributed by atoms with E-state index in [1.807, 2.05) is 13.0 Å². The largest absolute Gasteiger partial charge is 0.465 e. The first-order valence-corrected chi connectivity index (χ1v) is 6.92. The van der Waals surface area contributed by atoms with E-state index in [0.717, 1.165) is 19.3 Å². The summed E-state index contributed by atoms with van der Waals surface area (Å²) in [5, 5.41) is 0. The highest BCUT2D eigenvalue weighted by Gasteiger charge is 2.15. The van der Waals surface area contributed by atoms with Gasteiger partial charge in [0.25, 0.3) is 0 Å². The molecule has 0 saturated heterocycles. The number of ether oxygens (including phenoxy) is 1. The molecule has 0 amide bonds. The molecule has 0 aliphatic carbocycles. The van der Waals surface area contributed by atoms with Gasteiger partial charge in [0.1, 0.15) is 4.83 Å². The molecule has 3 heteroatoms. The van der Waals surface area contributed by atoms with Gasteiger partial charge in [-0.3, -0.25) is 4.79 Å². The molecule has 0 heterocycles. The molecule has 1 unspecified atom stereocenters. The van der Waals surface area contributed by atoms with Crippen LogP contribution in [0.4, 0.5) is 0 Å². The van der Waals surface area contributed by atoms with Crippen LogP contribution in [0.3, 0.4) is 0 Å². The van der Waals surface area contributed by atoms with Crippen LogP contribution in [0.1, 0.15) is 30.9 Å². The zero-order valence-electron chi connectivity index (χ0n) is 10.4. The van der Waals surface area contributed by atoms with E-state index in [-0.39, 0.29) is 10.8 Å². The van der Waals surface area contributed by atoms with E-state index in [0.29, 0.717) is 6.61 Å². The molecule has 0 spiro atoms. The van der Waals surface area contributed by atoms with Crippen LogP contribution in [0.2, 0.25) is 0 Å². The topological polar surface area (TPSA) is 26.3 Å². The molecule has 1 rings (SSSR count). The van der Waals surface area contributed by atoms with E-state index in [4.69, 9.17) is 4.74 Å². The predicted octanol–water partition coefficient (Wildman–Crippen LogP) is 3.64. The first-order valence-electron chi connectivity index (χ1n) is 6.00. The average molecular weight is 299 g/mol. The number of aryl methyl sites for hydroxylation is 2. The lowest BCUT2D eigenvalue weighted by Gasteiger charge is -2.09. The van der Waals surface area contributed by atoms with Crippen molar-refractivity contribution in [2.45, 2.75) is 37.9 Å². The molecule has 0 bridgehead atoms. The molecule has 0 aliphatic heterocycles. The van der Waals surface area contributed by atoms with Crippen molar-refractivity contribution >= 4 is 21.9 Å². The fraction of sp³-hybridized carbons (Fsp3) is 0.500. The van der Waals surface area contributed by atoms with Crippen molar-refractivity contribution in [2.75, 3.05) is 6.61 Å². The number of benzene rings is 1. The van der Waals surface area contributed by atoms with Crippen LogP contribution in [0, 0.1) is 6.92 Å². The number of hydrogen-bond donors (Lipinski definition) is 0. The molecule has 0 N–H and O–H groups in total. The Balaban J connectivity index is 2.33. The van der Waals surface area contributed by atoms with Gasteiger partial charge in [-0.15, -0.1) is 0 Å². The summed E-state index contributed by atoms with van der Waals surface area (Å²) in [6.45, 7) is 4.38. The maximum atomic E-state index is 11.4. The number of esters is 1. The second-order valence-corrected chi connectivity index (χ2v) is 5.14. The second-order valence-electron chi connectivity index (χ2n) is 4.04. The van der Waals surface area contributed by atoms with Gasteiger partial charge in [0.05, 0.1) is 6.61 Å². The van der Waals surface area contributed by atoms with E-state index in [1.54, 1.807) is 0 Å². The third kappa shape index (κ3) is 4.90. The van der Waals surface area contributed by atoms with Crippen LogP contribution < -0.4 is 0 Å². The summed E-state index contributed by atoms with van der Waals surface area (Å²) in [6, 6.07) is 8.36. The van der Waals surface area contributed by atoms with Crippen molar-refractivity contribution in [1.29, 1.82) is 0 Å². The quantitative estimate of drug-likeness (QED) is 0.592. The van der Waals surface area contributed by atoms with Gasteiger partial charge >= 0.3 is 5.97 Å². The maximum absolute atomic E-state index is 11.4. The molecule has 1 atom stereocenters. The van der Waals surface area contributed by atoms with Crippen LogP contribution in [0.25, 0.3) is 0 Å². The summed E-state index contributed by atoms with van der Waals surface area (Å²) < 4.78 is 4.94. The van der Waals surface area contributed by atoms with Crippen LogP contribution in [-0.2, 0) is 16.0 Å². The average Bonchev–Trinajstić information content (AvgIpc) is 2.31. The first kappa shape index (κ1) is 14.2. The molecule has 0 saturated carbocycles. The smallest absolute Gasteiger partial charge is 0.319 e. The number of alkyl halides is 1. The Morgan fingerprint density at radius 1 is 1.41 bits per heavy atom. The Morgan fingerprint density at radius 2 is 2.12 bits per heavy atom. The Hall–Kier alpha value is -0.830. The lowest BCUT2D eigenvalue weighted by atomic mass is 10.0. The third-order valence-electron chi connectivity index (χ3n) is 2.71. The highest BCUT2D eigenvalue weighted by molar-refractivity contribution is 9.10. The minimum Gasteiger partial charge on any atom is -0.465 e. The standard InChI is InChI=1S/C14H19BrO2/c1-3-17-14(16)13(15)10-6-9-12-8-5-4-7-11(12)2/h4-5,7-8,13H,3,6,9-10H2,1-2H3. The van der Waals surface area contributed by atoms with E-state index in [9.17, 15) is 4.79 Å². The second kappa shape index (κ2) is 7.49. The van der Waals surface area contributed by atoms with Gasteiger partial charge in [-0.25, -0.2) is 0 Å². The fourth-order valence-corrected chi connectivity index (χ4v) is 2.17. The number of carbonyl (C=O) groups is 1. The Bertz CT molecular complexity index is 363. The maximum Gasteiger partial charge on any atom is 0.319 e. The number of hydrogen-bond acceptors (Lipinski definition) is 2. The number of rotatable bonds is 6. The SMILES string of the molecule is CCOC(=O)C(Br)CCCc1ccccc1C. The molecule has 94 valence electrons. The van der Waals surface area contributed by atoms with Gasteiger partial charge < -0.3 is 4.74 Å². The number of carbonyl (C=O) groups excluding carboxylic acids is 1. The van der Waals surface area contributed by atoms with E-state index in [1.165, 1.54) is 11.1 Å². The summed E-state index contributed by atoms with van der Waals surface area (Å²) in [7, 11) is 0. The van der Waals surface area contributed by atoms with Crippen molar-refractivity contribution in [2.24, 2.45) is 0 Å². The lowest BCUT2D eigenvalue weighted by Crippen LogP contribution is -2.17. The van der Waals surface area contributed by atoms with Gasteiger partial charge in [0.2, 0.25) is 0 Å². The van der Waals surface area contributed by atoms with Crippen LogP contribution in [0.15, 0.2) is 24.3 Å². The molecule has 0 aromatic heterocycles. The van der Waals surface area contributed by atoms with Gasteiger partial charge in [0, 0.05) is 0 Å². The van der Waals surface area contributed by atoms with E-state index >= 15 is 0 Å². The minimum atomic E-state index is -0.175. The highest BCUT2D eigenvalue weighted by atomic mass is 79.9. The van der Waals surface area contributed by atoms with Crippen molar-refractivity contribution < 1.29 is 9.53 Å². The molecule has 1 aromatic rings.